The molecule has 0 N–H and O–H groups in total. The highest BCUT2D eigenvalue weighted by molar-refractivity contribution is 6.30. The van der Waals surface area contributed by atoms with Crippen molar-refractivity contribution >= 4 is 28.9 Å². The van der Waals surface area contributed by atoms with Gasteiger partial charge in [0.15, 0.2) is 0 Å². The zero-order valence-corrected chi connectivity index (χ0v) is 13.6. The molecule has 2 rings (SSSR count). The molecule has 0 atom stereocenters. The molecule has 6 nitrogen and oxygen atoms in total. The Kier molecular flexibility index (Phi) is 4.86. The van der Waals surface area contributed by atoms with Crippen molar-refractivity contribution in [3.63, 3.8) is 0 Å². The number of anilines is 1. The van der Waals surface area contributed by atoms with Crippen LogP contribution in [0.3, 0.4) is 0 Å². The smallest absolute Gasteiger partial charge is 0.340 e. The molecule has 120 valence electrons. The van der Waals surface area contributed by atoms with Gasteiger partial charge in [0.25, 0.3) is 5.69 Å². The monoisotopic (exact) mass is 334 g/mol. The fraction of sp³-hybridized carbons (Fsp3) is 0.188. The van der Waals surface area contributed by atoms with Gasteiger partial charge in [-0.2, -0.15) is 0 Å². The summed E-state index contributed by atoms with van der Waals surface area (Å²) >= 11 is 5.87. The van der Waals surface area contributed by atoms with E-state index in [1.807, 2.05) is 0 Å². The Hall–Kier alpha value is -2.60. The van der Waals surface area contributed by atoms with E-state index < -0.39 is 10.9 Å². The van der Waals surface area contributed by atoms with Gasteiger partial charge in [-0.15, -0.1) is 0 Å². The second kappa shape index (κ2) is 6.66. The first-order valence-electron chi connectivity index (χ1n) is 6.69. The van der Waals surface area contributed by atoms with Gasteiger partial charge in [0.05, 0.1) is 28.8 Å². The Morgan fingerprint density at radius 3 is 2.30 bits per heavy atom. The molecule has 0 fully saturated rings. The molecule has 0 amide bonds. The highest BCUT2D eigenvalue weighted by Gasteiger charge is 2.24. The largest absolute Gasteiger partial charge is 0.465 e. The molecule has 2 aromatic rings. The van der Waals surface area contributed by atoms with Gasteiger partial charge in [0, 0.05) is 25.2 Å². The highest BCUT2D eigenvalue weighted by Crippen LogP contribution is 2.36. The summed E-state index contributed by atoms with van der Waals surface area (Å²) < 4.78 is 4.72. The molecule has 0 unspecified atom stereocenters. The van der Waals surface area contributed by atoms with Crippen molar-refractivity contribution in [1.29, 1.82) is 0 Å². The number of hydrogen-bond acceptors (Lipinski definition) is 5. The molecule has 7 heteroatoms. The fourth-order valence-electron chi connectivity index (χ4n) is 2.23. The van der Waals surface area contributed by atoms with Crippen LogP contribution in [0.5, 0.6) is 0 Å². The van der Waals surface area contributed by atoms with Crippen molar-refractivity contribution in [2.45, 2.75) is 0 Å². The maximum absolute atomic E-state index is 11.9. The zero-order chi connectivity index (χ0) is 17.1. The standard InChI is InChI=1S/C16H15ClN2O4/c1-18(2)14-8-12(10-4-6-11(17)7-5-10)15(19(21)22)9-13(14)16(20)23-3/h4-9H,1-3H3. The number of hydrogen-bond donors (Lipinski definition) is 0. The Balaban J connectivity index is 2.75. The van der Waals surface area contributed by atoms with Gasteiger partial charge in [-0.25, -0.2) is 4.79 Å². The lowest BCUT2D eigenvalue weighted by molar-refractivity contribution is -0.384. The zero-order valence-electron chi connectivity index (χ0n) is 12.9. The average Bonchev–Trinajstić information content (AvgIpc) is 2.53. The first-order chi connectivity index (χ1) is 10.8. The minimum absolute atomic E-state index is 0.141. The number of carbonyl (C=O) groups is 1. The number of carbonyl (C=O) groups excluding carboxylic acids is 1. The second-order valence-electron chi connectivity index (χ2n) is 5.04. The van der Waals surface area contributed by atoms with E-state index in [4.69, 9.17) is 16.3 Å². The van der Waals surface area contributed by atoms with Crippen LogP contribution in [0.1, 0.15) is 10.4 Å². The fourth-order valence-corrected chi connectivity index (χ4v) is 2.36. The third kappa shape index (κ3) is 3.43. The third-order valence-corrected chi connectivity index (χ3v) is 3.61. The van der Waals surface area contributed by atoms with Gasteiger partial charge in [0.1, 0.15) is 0 Å². The summed E-state index contributed by atoms with van der Waals surface area (Å²) in [6, 6.07) is 9.55. The Bertz CT molecular complexity index is 757. The summed E-state index contributed by atoms with van der Waals surface area (Å²) in [5, 5.41) is 12.0. The van der Waals surface area contributed by atoms with Gasteiger partial charge >= 0.3 is 5.97 Å². The van der Waals surface area contributed by atoms with Crippen molar-refractivity contribution < 1.29 is 14.5 Å². The molecule has 0 radical (unpaired) electrons. The molecule has 0 aliphatic carbocycles. The number of esters is 1. The van der Waals surface area contributed by atoms with E-state index in [0.29, 0.717) is 21.8 Å². The summed E-state index contributed by atoms with van der Waals surface area (Å²) in [4.78, 5) is 24.5. The number of ether oxygens (including phenoxy) is 1. The Labute approximate surface area is 138 Å². The van der Waals surface area contributed by atoms with Crippen molar-refractivity contribution in [3.8, 4) is 11.1 Å². The summed E-state index contributed by atoms with van der Waals surface area (Å²) in [6.07, 6.45) is 0. The maximum Gasteiger partial charge on any atom is 0.340 e. The normalized spacial score (nSPS) is 10.3. The SMILES string of the molecule is COC(=O)c1cc([N+](=O)[O-])c(-c2ccc(Cl)cc2)cc1N(C)C. The number of benzene rings is 2. The maximum atomic E-state index is 11.9. The molecular weight excluding hydrogens is 320 g/mol. The van der Waals surface area contributed by atoms with Gasteiger partial charge in [-0.1, -0.05) is 23.7 Å². The summed E-state index contributed by atoms with van der Waals surface area (Å²) in [7, 11) is 4.74. The van der Waals surface area contributed by atoms with Crippen molar-refractivity contribution in [1.82, 2.24) is 0 Å². The highest BCUT2D eigenvalue weighted by atomic mass is 35.5. The van der Waals surface area contributed by atoms with E-state index in [0.717, 1.165) is 0 Å². The van der Waals surface area contributed by atoms with Crippen LogP contribution < -0.4 is 4.90 Å². The van der Waals surface area contributed by atoms with Crippen LogP contribution in [0, 0.1) is 10.1 Å². The molecule has 0 saturated heterocycles. The molecular formula is C16H15ClN2O4. The first-order valence-corrected chi connectivity index (χ1v) is 7.07. The molecule has 0 heterocycles. The molecule has 0 bridgehead atoms. The Morgan fingerprint density at radius 1 is 1.22 bits per heavy atom. The van der Waals surface area contributed by atoms with Crippen LogP contribution in [-0.4, -0.2) is 32.1 Å². The summed E-state index contributed by atoms with van der Waals surface area (Å²) in [6.45, 7) is 0. The van der Waals surface area contributed by atoms with Gasteiger partial charge in [-0.3, -0.25) is 10.1 Å². The summed E-state index contributed by atoms with van der Waals surface area (Å²) in [5.74, 6) is -0.626. The molecule has 0 spiro atoms. The predicted octanol–water partition coefficient (Wildman–Crippen LogP) is 3.77. The number of halogens is 1. The minimum Gasteiger partial charge on any atom is -0.465 e. The third-order valence-electron chi connectivity index (χ3n) is 3.35. The van der Waals surface area contributed by atoms with Crippen molar-refractivity contribution in [2.75, 3.05) is 26.1 Å². The van der Waals surface area contributed by atoms with Crippen LogP contribution in [0.25, 0.3) is 11.1 Å². The molecule has 2 aromatic carbocycles. The van der Waals surface area contributed by atoms with Crippen molar-refractivity contribution in [3.05, 3.63) is 57.1 Å². The molecule has 0 aromatic heterocycles. The van der Waals surface area contributed by atoms with Crippen LogP contribution in [0.15, 0.2) is 36.4 Å². The lowest BCUT2D eigenvalue weighted by atomic mass is 9.99. The van der Waals surface area contributed by atoms with Crippen molar-refractivity contribution in [2.24, 2.45) is 0 Å². The van der Waals surface area contributed by atoms with E-state index in [1.54, 1.807) is 49.3 Å². The van der Waals surface area contributed by atoms with Gasteiger partial charge < -0.3 is 9.64 Å². The minimum atomic E-state index is -0.626. The number of nitro groups is 1. The van der Waals surface area contributed by atoms with E-state index in [9.17, 15) is 14.9 Å². The first kappa shape index (κ1) is 16.8. The van der Waals surface area contributed by atoms with Gasteiger partial charge in [0.2, 0.25) is 0 Å². The molecule has 0 aliphatic rings. The lowest BCUT2D eigenvalue weighted by Gasteiger charge is -2.18. The topological polar surface area (TPSA) is 72.7 Å². The van der Waals surface area contributed by atoms with Gasteiger partial charge in [-0.05, 0) is 23.8 Å². The van der Waals surface area contributed by atoms with Crippen LogP contribution in [-0.2, 0) is 4.74 Å². The van der Waals surface area contributed by atoms with E-state index in [-0.39, 0.29) is 11.3 Å². The predicted molar refractivity (Wildman–Crippen MR) is 89.2 cm³/mol. The van der Waals surface area contributed by atoms with E-state index in [2.05, 4.69) is 0 Å². The quantitative estimate of drug-likeness (QED) is 0.483. The second-order valence-corrected chi connectivity index (χ2v) is 5.47. The van der Waals surface area contributed by atoms with Crippen LogP contribution >= 0.6 is 11.6 Å². The number of rotatable bonds is 4. The number of nitrogens with zero attached hydrogens (tertiary/aromatic N) is 2. The average molecular weight is 335 g/mol. The lowest BCUT2D eigenvalue weighted by Crippen LogP contribution is -2.15. The van der Waals surface area contributed by atoms with E-state index >= 15 is 0 Å². The molecule has 23 heavy (non-hydrogen) atoms. The summed E-state index contributed by atoms with van der Waals surface area (Å²) in [5.41, 5.74) is 1.55. The van der Waals surface area contributed by atoms with Crippen LogP contribution in [0.4, 0.5) is 11.4 Å². The Morgan fingerprint density at radius 2 is 1.83 bits per heavy atom. The number of nitro benzene ring substituents is 1. The molecule has 0 saturated carbocycles. The van der Waals surface area contributed by atoms with Crippen LogP contribution in [0.2, 0.25) is 5.02 Å². The van der Waals surface area contributed by atoms with E-state index in [1.165, 1.54) is 13.2 Å². The molecule has 0 aliphatic heterocycles. The number of methoxy groups -OCH3 is 1.